The second kappa shape index (κ2) is 10.3. The summed E-state index contributed by atoms with van der Waals surface area (Å²) in [5, 5.41) is 16.0. The minimum absolute atomic E-state index is 0.0421. The highest BCUT2D eigenvalue weighted by Gasteiger charge is 2.42. The maximum absolute atomic E-state index is 12.3. The molecule has 0 saturated carbocycles. The standard InChI is InChI=1S/C17H15F3N6O5S/c18-17(19,20)14(30)31-11(27)4-5-23-12(28)8-2-1-3-9(6-8)24-13(29)10-7-32-16(25-10)26-15(21)22/h1-3,6-7H,4-5H2,(H,23,28)(H,24,29)(H4,21,22,25,26). The zero-order chi connectivity index (χ0) is 23.9. The van der Waals surface area contributed by atoms with Crippen LogP contribution in [0.5, 0.6) is 0 Å². The van der Waals surface area contributed by atoms with Crippen LogP contribution in [0.15, 0.2) is 29.6 Å². The number of carbonyl (C=O) groups excluding carboxylic acids is 4. The Hall–Kier alpha value is -4.01. The Kier molecular flexibility index (Phi) is 7.84. The van der Waals surface area contributed by atoms with E-state index in [0.717, 1.165) is 11.3 Å². The number of esters is 2. The van der Waals surface area contributed by atoms with Crippen molar-refractivity contribution in [3.05, 3.63) is 40.9 Å². The van der Waals surface area contributed by atoms with Gasteiger partial charge >= 0.3 is 18.1 Å². The molecule has 0 bridgehead atoms. The van der Waals surface area contributed by atoms with Gasteiger partial charge in [-0.3, -0.25) is 19.8 Å². The molecule has 2 rings (SSSR count). The van der Waals surface area contributed by atoms with Gasteiger partial charge in [0.1, 0.15) is 5.69 Å². The molecule has 1 aromatic heterocycles. The van der Waals surface area contributed by atoms with Gasteiger partial charge < -0.3 is 26.4 Å². The number of hydrogen-bond acceptors (Lipinski definition) is 8. The van der Waals surface area contributed by atoms with Gasteiger partial charge in [0.25, 0.3) is 11.8 Å². The van der Waals surface area contributed by atoms with Crippen molar-refractivity contribution in [3.63, 3.8) is 0 Å². The Labute approximate surface area is 181 Å². The first-order chi connectivity index (χ1) is 15.0. The number of aromatic nitrogens is 1. The smallest absolute Gasteiger partial charge is 0.386 e. The molecule has 15 heteroatoms. The number of carbonyl (C=O) groups is 4. The van der Waals surface area contributed by atoms with Gasteiger partial charge in [-0.2, -0.15) is 13.2 Å². The van der Waals surface area contributed by atoms with Crippen LogP contribution < -0.4 is 21.7 Å². The first kappa shape index (κ1) is 24.3. The summed E-state index contributed by atoms with van der Waals surface area (Å²) in [5.41, 5.74) is 5.55. The first-order valence-electron chi connectivity index (χ1n) is 8.53. The Morgan fingerprint density at radius 3 is 2.53 bits per heavy atom. The van der Waals surface area contributed by atoms with E-state index in [1.165, 1.54) is 29.6 Å². The van der Waals surface area contributed by atoms with Crippen molar-refractivity contribution in [1.82, 2.24) is 10.3 Å². The fraction of sp³-hybridized carbons (Fsp3) is 0.176. The molecule has 0 atom stereocenters. The number of nitrogens with two attached hydrogens (primary N) is 1. The summed E-state index contributed by atoms with van der Waals surface area (Å²) in [6.45, 7) is -0.385. The van der Waals surface area contributed by atoms with Crippen molar-refractivity contribution < 1.29 is 37.1 Å². The van der Waals surface area contributed by atoms with Gasteiger partial charge in [-0.15, -0.1) is 11.3 Å². The lowest BCUT2D eigenvalue weighted by Gasteiger charge is -2.08. The summed E-state index contributed by atoms with van der Waals surface area (Å²) in [6.07, 6.45) is -5.96. The largest absolute Gasteiger partial charge is 0.491 e. The third kappa shape index (κ3) is 7.35. The number of rotatable bonds is 7. The average Bonchev–Trinajstić information content (AvgIpc) is 3.15. The molecule has 0 unspecified atom stereocenters. The van der Waals surface area contributed by atoms with E-state index in [4.69, 9.17) is 11.1 Å². The predicted octanol–water partition coefficient (Wildman–Crippen LogP) is 1.45. The molecule has 32 heavy (non-hydrogen) atoms. The van der Waals surface area contributed by atoms with Gasteiger partial charge in [0.2, 0.25) is 0 Å². The Morgan fingerprint density at radius 2 is 1.88 bits per heavy atom. The number of nitrogens with zero attached hydrogens (tertiary/aromatic N) is 1. The molecule has 2 aromatic rings. The van der Waals surface area contributed by atoms with Crippen molar-refractivity contribution in [3.8, 4) is 0 Å². The number of anilines is 2. The quantitative estimate of drug-likeness (QED) is 0.174. The molecule has 0 aliphatic carbocycles. The van der Waals surface area contributed by atoms with Gasteiger partial charge in [0.15, 0.2) is 11.1 Å². The van der Waals surface area contributed by atoms with Crippen LogP contribution in [0, 0.1) is 5.41 Å². The molecule has 0 fully saturated rings. The van der Waals surface area contributed by atoms with Gasteiger partial charge in [0, 0.05) is 23.2 Å². The number of hydrogen-bond donors (Lipinski definition) is 5. The van der Waals surface area contributed by atoms with Crippen LogP contribution in [0.3, 0.4) is 0 Å². The molecule has 11 nitrogen and oxygen atoms in total. The van der Waals surface area contributed by atoms with Crippen LogP contribution in [-0.4, -0.2) is 47.4 Å². The number of benzene rings is 1. The van der Waals surface area contributed by atoms with Crippen LogP contribution >= 0.6 is 11.3 Å². The van der Waals surface area contributed by atoms with E-state index in [2.05, 4.69) is 25.7 Å². The van der Waals surface area contributed by atoms with Crippen LogP contribution in [0.4, 0.5) is 24.0 Å². The molecule has 0 aliphatic heterocycles. The van der Waals surface area contributed by atoms with Gasteiger partial charge in [-0.1, -0.05) is 6.07 Å². The van der Waals surface area contributed by atoms with Gasteiger partial charge in [-0.05, 0) is 18.2 Å². The number of ether oxygens (including phenoxy) is 1. The van der Waals surface area contributed by atoms with Crippen LogP contribution in [0.25, 0.3) is 0 Å². The SMILES string of the molecule is N=C(N)Nc1nc(C(=O)Nc2cccc(C(=O)NCCC(=O)OC(=O)C(F)(F)F)c2)cs1. The molecular formula is C17H15F3N6O5S. The predicted molar refractivity (Wildman–Crippen MR) is 106 cm³/mol. The monoisotopic (exact) mass is 472 g/mol. The molecule has 0 radical (unpaired) electrons. The molecule has 1 heterocycles. The third-order valence-corrected chi connectivity index (χ3v) is 4.17. The lowest BCUT2D eigenvalue weighted by molar-refractivity contribution is -0.201. The fourth-order valence-corrected chi connectivity index (χ4v) is 2.78. The van der Waals surface area contributed by atoms with Crippen molar-refractivity contribution >= 4 is 51.9 Å². The summed E-state index contributed by atoms with van der Waals surface area (Å²) in [5.74, 6) is -5.70. The van der Waals surface area contributed by atoms with Crippen molar-refractivity contribution in [2.75, 3.05) is 17.2 Å². The van der Waals surface area contributed by atoms with Crippen LogP contribution in [0.2, 0.25) is 0 Å². The third-order valence-electron chi connectivity index (χ3n) is 3.41. The Balaban J connectivity index is 1.89. The summed E-state index contributed by atoms with van der Waals surface area (Å²) in [7, 11) is 0. The van der Waals surface area contributed by atoms with Gasteiger partial charge in [0.05, 0.1) is 6.42 Å². The lowest BCUT2D eigenvalue weighted by Crippen LogP contribution is -2.31. The summed E-state index contributed by atoms with van der Waals surface area (Å²) in [4.78, 5) is 50.1. The van der Waals surface area contributed by atoms with E-state index >= 15 is 0 Å². The van der Waals surface area contributed by atoms with Crippen LogP contribution in [-0.2, 0) is 14.3 Å². The van der Waals surface area contributed by atoms with E-state index in [1.54, 1.807) is 0 Å². The topological polar surface area (TPSA) is 176 Å². The normalized spacial score (nSPS) is 10.7. The second-order valence-corrected chi connectivity index (χ2v) is 6.73. The highest BCUT2D eigenvalue weighted by molar-refractivity contribution is 7.14. The second-order valence-electron chi connectivity index (χ2n) is 5.88. The molecule has 1 aromatic carbocycles. The lowest BCUT2D eigenvalue weighted by atomic mass is 10.2. The zero-order valence-electron chi connectivity index (χ0n) is 15.9. The number of thiazole rings is 1. The molecule has 2 amide bonds. The number of nitrogens with one attached hydrogen (secondary N) is 4. The summed E-state index contributed by atoms with van der Waals surface area (Å²) < 4.78 is 39.7. The number of guanidine groups is 1. The molecular weight excluding hydrogens is 457 g/mol. The van der Waals surface area contributed by atoms with E-state index in [9.17, 15) is 32.3 Å². The number of amides is 2. The Morgan fingerprint density at radius 1 is 1.16 bits per heavy atom. The highest BCUT2D eigenvalue weighted by atomic mass is 32.1. The van der Waals surface area contributed by atoms with E-state index in [1.807, 2.05) is 0 Å². The summed E-state index contributed by atoms with van der Waals surface area (Å²) in [6, 6.07) is 5.68. The van der Waals surface area contributed by atoms with Crippen molar-refractivity contribution in [2.24, 2.45) is 5.73 Å². The average molecular weight is 472 g/mol. The van der Waals surface area contributed by atoms with Crippen molar-refractivity contribution in [1.29, 1.82) is 5.41 Å². The fourth-order valence-electron chi connectivity index (χ4n) is 2.08. The molecule has 0 aliphatic rings. The number of halogens is 3. The maximum atomic E-state index is 12.3. The molecule has 6 N–H and O–H groups in total. The molecule has 0 spiro atoms. The van der Waals surface area contributed by atoms with Crippen LogP contribution in [0.1, 0.15) is 27.3 Å². The molecule has 170 valence electrons. The summed E-state index contributed by atoms with van der Waals surface area (Å²) >= 11 is 1.05. The molecule has 0 saturated heterocycles. The van der Waals surface area contributed by atoms with Crippen molar-refractivity contribution in [2.45, 2.75) is 12.6 Å². The van der Waals surface area contributed by atoms with E-state index in [-0.39, 0.29) is 34.6 Å². The van der Waals surface area contributed by atoms with E-state index < -0.39 is 36.4 Å². The minimum Gasteiger partial charge on any atom is -0.386 e. The highest BCUT2D eigenvalue weighted by Crippen LogP contribution is 2.18. The Bertz CT molecular complexity index is 1060. The maximum Gasteiger partial charge on any atom is 0.491 e. The number of alkyl halides is 3. The van der Waals surface area contributed by atoms with Gasteiger partial charge in [-0.25, -0.2) is 9.78 Å². The van der Waals surface area contributed by atoms with E-state index in [0.29, 0.717) is 0 Å². The zero-order valence-corrected chi connectivity index (χ0v) is 16.7. The first-order valence-corrected chi connectivity index (χ1v) is 9.41. The minimum atomic E-state index is -5.30.